The molecule has 0 atom stereocenters. The third-order valence-electron chi connectivity index (χ3n) is 2.57. The van der Waals surface area contributed by atoms with Crippen molar-refractivity contribution in [2.75, 3.05) is 6.79 Å². The van der Waals surface area contributed by atoms with Crippen LogP contribution in [0.2, 0.25) is 0 Å². The van der Waals surface area contributed by atoms with E-state index in [1.165, 1.54) is 12.4 Å². The van der Waals surface area contributed by atoms with Crippen LogP contribution >= 0.6 is 0 Å². The first kappa shape index (κ1) is 11.3. The van der Waals surface area contributed by atoms with Gasteiger partial charge in [-0.05, 0) is 17.7 Å². The van der Waals surface area contributed by atoms with Crippen LogP contribution in [-0.2, 0) is 6.61 Å². The average molecular weight is 255 g/mol. The van der Waals surface area contributed by atoms with Crippen molar-refractivity contribution < 1.29 is 14.2 Å². The number of hydrogen-bond donors (Lipinski definition) is 0. The van der Waals surface area contributed by atoms with Crippen LogP contribution in [0.25, 0.3) is 0 Å². The minimum absolute atomic E-state index is 0.251. The van der Waals surface area contributed by atoms with E-state index in [1.807, 2.05) is 24.3 Å². The standard InChI is InChI=1S/C13H9N3O3/c14-4-10-5-16-13(6-15-10)17-7-9-1-2-11-12(3-9)19-8-18-11/h1-3,5-6H,7-8H2. The lowest BCUT2D eigenvalue weighted by molar-refractivity contribution is 0.174. The highest BCUT2D eigenvalue weighted by molar-refractivity contribution is 5.44. The highest BCUT2D eigenvalue weighted by Gasteiger charge is 2.13. The van der Waals surface area contributed by atoms with Crippen molar-refractivity contribution in [3.05, 3.63) is 41.9 Å². The average Bonchev–Trinajstić information content (AvgIpc) is 2.93. The molecule has 6 heteroatoms. The van der Waals surface area contributed by atoms with Crippen molar-refractivity contribution in [2.24, 2.45) is 0 Å². The monoisotopic (exact) mass is 255 g/mol. The molecule has 19 heavy (non-hydrogen) atoms. The van der Waals surface area contributed by atoms with Crippen molar-refractivity contribution in [1.29, 1.82) is 5.26 Å². The fourth-order valence-corrected chi connectivity index (χ4v) is 1.64. The predicted molar refractivity (Wildman–Crippen MR) is 63.6 cm³/mol. The summed E-state index contributed by atoms with van der Waals surface area (Å²) in [4.78, 5) is 7.85. The van der Waals surface area contributed by atoms with Gasteiger partial charge in [-0.1, -0.05) is 6.07 Å². The smallest absolute Gasteiger partial charge is 0.232 e. The molecule has 0 saturated carbocycles. The van der Waals surface area contributed by atoms with Gasteiger partial charge in [0.25, 0.3) is 0 Å². The van der Waals surface area contributed by atoms with Gasteiger partial charge in [-0.15, -0.1) is 0 Å². The number of hydrogen-bond acceptors (Lipinski definition) is 6. The van der Waals surface area contributed by atoms with E-state index in [-0.39, 0.29) is 12.5 Å². The molecule has 2 aromatic rings. The van der Waals surface area contributed by atoms with Crippen LogP contribution in [0.15, 0.2) is 30.6 Å². The summed E-state index contributed by atoms with van der Waals surface area (Å²) in [5.74, 6) is 1.82. The molecular formula is C13H9N3O3. The van der Waals surface area contributed by atoms with Crippen LogP contribution in [0.4, 0.5) is 0 Å². The number of nitriles is 1. The zero-order valence-corrected chi connectivity index (χ0v) is 9.87. The Morgan fingerprint density at radius 2 is 2.11 bits per heavy atom. The molecule has 6 nitrogen and oxygen atoms in total. The minimum Gasteiger partial charge on any atom is -0.472 e. The summed E-state index contributed by atoms with van der Waals surface area (Å²) in [7, 11) is 0. The van der Waals surface area contributed by atoms with Crippen molar-refractivity contribution in [2.45, 2.75) is 6.61 Å². The van der Waals surface area contributed by atoms with Crippen LogP contribution in [0, 0.1) is 11.3 Å². The SMILES string of the molecule is N#Cc1cnc(OCc2ccc3c(c2)OCO3)cn1. The van der Waals surface area contributed by atoms with Gasteiger partial charge in [-0.2, -0.15) is 5.26 Å². The van der Waals surface area contributed by atoms with E-state index in [4.69, 9.17) is 19.5 Å². The Bertz CT molecular complexity index is 635. The van der Waals surface area contributed by atoms with Crippen LogP contribution in [-0.4, -0.2) is 16.8 Å². The van der Waals surface area contributed by atoms with Gasteiger partial charge in [-0.3, -0.25) is 0 Å². The quantitative estimate of drug-likeness (QED) is 0.830. The molecule has 0 amide bonds. The second kappa shape index (κ2) is 4.82. The Morgan fingerprint density at radius 1 is 1.21 bits per heavy atom. The van der Waals surface area contributed by atoms with E-state index in [0.29, 0.717) is 18.2 Å². The summed E-state index contributed by atoms with van der Waals surface area (Å²) in [6.07, 6.45) is 2.79. The second-order valence-corrected chi connectivity index (χ2v) is 3.83. The molecule has 2 heterocycles. The van der Waals surface area contributed by atoms with Crippen LogP contribution in [0.3, 0.4) is 0 Å². The second-order valence-electron chi connectivity index (χ2n) is 3.83. The molecule has 94 valence electrons. The molecular weight excluding hydrogens is 246 g/mol. The molecule has 1 aliphatic rings. The minimum atomic E-state index is 0.251. The Balaban J connectivity index is 1.67. The first-order chi connectivity index (χ1) is 9.35. The topological polar surface area (TPSA) is 77.3 Å². The first-order valence-electron chi connectivity index (χ1n) is 5.58. The van der Waals surface area contributed by atoms with Gasteiger partial charge >= 0.3 is 0 Å². The Morgan fingerprint density at radius 3 is 2.89 bits per heavy atom. The molecule has 0 radical (unpaired) electrons. The lowest BCUT2D eigenvalue weighted by Crippen LogP contribution is -1.98. The highest BCUT2D eigenvalue weighted by atomic mass is 16.7. The maximum atomic E-state index is 8.61. The molecule has 0 fully saturated rings. The summed E-state index contributed by atoms with van der Waals surface area (Å²) < 4.78 is 16.0. The predicted octanol–water partition coefficient (Wildman–Crippen LogP) is 1.66. The number of rotatable bonds is 3. The van der Waals surface area contributed by atoms with E-state index in [0.717, 1.165) is 11.3 Å². The summed E-state index contributed by atoms with van der Waals surface area (Å²) in [5, 5.41) is 8.61. The molecule has 0 bridgehead atoms. The number of aromatic nitrogens is 2. The van der Waals surface area contributed by atoms with Gasteiger partial charge in [0.15, 0.2) is 17.2 Å². The zero-order valence-electron chi connectivity index (χ0n) is 9.87. The van der Waals surface area contributed by atoms with Gasteiger partial charge < -0.3 is 14.2 Å². The van der Waals surface area contributed by atoms with Crippen molar-refractivity contribution >= 4 is 0 Å². The van der Waals surface area contributed by atoms with Crippen molar-refractivity contribution in [3.63, 3.8) is 0 Å². The zero-order chi connectivity index (χ0) is 13.1. The van der Waals surface area contributed by atoms with Crippen molar-refractivity contribution in [3.8, 4) is 23.4 Å². The fraction of sp³-hybridized carbons (Fsp3) is 0.154. The number of benzene rings is 1. The molecule has 0 saturated heterocycles. The number of ether oxygens (including phenoxy) is 3. The van der Waals surface area contributed by atoms with E-state index in [2.05, 4.69) is 9.97 Å². The number of fused-ring (bicyclic) bond motifs is 1. The third kappa shape index (κ3) is 2.40. The Kier molecular flexibility index (Phi) is 2.86. The Labute approximate surface area is 109 Å². The molecule has 0 aliphatic carbocycles. The summed E-state index contributed by atoms with van der Waals surface area (Å²) in [5.41, 5.74) is 1.20. The fourth-order valence-electron chi connectivity index (χ4n) is 1.64. The third-order valence-corrected chi connectivity index (χ3v) is 2.57. The van der Waals surface area contributed by atoms with Gasteiger partial charge in [0.05, 0.1) is 12.4 Å². The molecule has 3 rings (SSSR count). The maximum absolute atomic E-state index is 8.61. The van der Waals surface area contributed by atoms with E-state index in [9.17, 15) is 0 Å². The van der Waals surface area contributed by atoms with E-state index in [1.54, 1.807) is 0 Å². The van der Waals surface area contributed by atoms with Crippen LogP contribution in [0.5, 0.6) is 17.4 Å². The van der Waals surface area contributed by atoms with Gasteiger partial charge in [0, 0.05) is 0 Å². The van der Waals surface area contributed by atoms with Crippen LogP contribution < -0.4 is 14.2 Å². The van der Waals surface area contributed by atoms with E-state index < -0.39 is 0 Å². The van der Waals surface area contributed by atoms with Crippen LogP contribution in [0.1, 0.15) is 11.3 Å². The normalized spacial score (nSPS) is 11.9. The maximum Gasteiger partial charge on any atom is 0.232 e. The molecule has 1 aromatic heterocycles. The molecule has 1 aromatic carbocycles. The largest absolute Gasteiger partial charge is 0.472 e. The van der Waals surface area contributed by atoms with E-state index >= 15 is 0 Å². The molecule has 1 aliphatic heterocycles. The van der Waals surface area contributed by atoms with Gasteiger partial charge in [0.1, 0.15) is 12.7 Å². The van der Waals surface area contributed by atoms with Crippen molar-refractivity contribution in [1.82, 2.24) is 9.97 Å². The summed E-state index contributed by atoms with van der Waals surface area (Å²) >= 11 is 0. The van der Waals surface area contributed by atoms with Gasteiger partial charge in [-0.25, -0.2) is 9.97 Å². The highest BCUT2D eigenvalue weighted by Crippen LogP contribution is 2.32. The molecule has 0 spiro atoms. The van der Waals surface area contributed by atoms with Gasteiger partial charge in [0.2, 0.25) is 12.7 Å². The lowest BCUT2D eigenvalue weighted by Gasteiger charge is -2.05. The Hall–Kier alpha value is -2.81. The summed E-state index contributed by atoms with van der Waals surface area (Å²) in [6, 6.07) is 7.49. The summed E-state index contributed by atoms with van der Waals surface area (Å²) in [6.45, 7) is 0.595. The first-order valence-corrected chi connectivity index (χ1v) is 5.58. The lowest BCUT2D eigenvalue weighted by atomic mass is 10.2. The molecule has 0 N–H and O–H groups in total. The number of nitrogens with zero attached hydrogens (tertiary/aromatic N) is 3. The molecule has 0 unspecified atom stereocenters.